The van der Waals surface area contributed by atoms with E-state index in [-0.39, 0.29) is 17.2 Å². The fraction of sp³-hybridized carbons (Fsp3) is 0.471. The summed E-state index contributed by atoms with van der Waals surface area (Å²) in [4.78, 5) is 18.7. The fourth-order valence-electron chi connectivity index (χ4n) is 3.58. The van der Waals surface area contributed by atoms with Gasteiger partial charge in [-0.15, -0.1) is 16.4 Å². The molecular weight excluding hydrogens is 340 g/mol. The standard InChI is InChI=1S/C17H20N4OS2/c1-9-5-6-24-14(9)13-12-10(7-17(2,3)8-11(12)22)18-15-19-16(23-4)20-21(13)15/h5-6,13H,7-8H2,1-4H3,(H,18,19,20)/t13-/m0/s1. The summed E-state index contributed by atoms with van der Waals surface area (Å²) in [6.45, 7) is 6.39. The summed E-state index contributed by atoms with van der Waals surface area (Å²) in [6.07, 6.45) is 3.40. The van der Waals surface area contributed by atoms with E-state index in [1.807, 2.05) is 10.9 Å². The van der Waals surface area contributed by atoms with E-state index in [2.05, 4.69) is 47.6 Å². The van der Waals surface area contributed by atoms with Gasteiger partial charge in [0.05, 0.1) is 0 Å². The minimum Gasteiger partial charge on any atom is -0.328 e. The Bertz CT molecular complexity index is 862. The number of carbonyl (C=O) groups excluding carboxylic acids is 1. The number of thiophene rings is 1. The summed E-state index contributed by atoms with van der Waals surface area (Å²) < 4.78 is 1.89. The smallest absolute Gasteiger partial charge is 0.227 e. The molecule has 2 aromatic rings. The number of hydrogen-bond acceptors (Lipinski definition) is 6. The minimum atomic E-state index is -0.159. The molecule has 126 valence electrons. The Kier molecular flexibility index (Phi) is 3.61. The van der Waals surface area contributed by atoms with Crippen LogP contribution in [0, 0.1) is 12.3 Å². The average molecular weight is 361 g/mol. The van der Waals surface area contributed by atoms with Crippen LogP contribution in [0.4, 0.5) is 5.95 Å². The second kappa shape index (κ2) is 5.46. The number of ketones is 1. The second-order valence-electron chi connectivity index (χ2n) is 7.20. The topological polar surface area (TPSA) is 59.8 Å². The van der Waals surface area contributed by atoms with Gasteiger partial charge in [-0.1, -0.05) is 25.6 Å². The monoisotopic (exact) mass is 360 g/mol. The van der Waals surface area contributed by atoms with Gasteiger partial charge < -0.3 is 5.32 Å². The molecule has 3 heterocycles. The number of aryl methyl sites for hydroxylation is 1. The molecule has 0 spiro atoms. The predicted molar refractivity (Wildman–Crippen MR) is 97.7 cm³/mol. The third kappa shape index (κ3) is 2.41. The molecule has 4 rings (SSSR count). The van der Waals surface area contributed by atoms with Crippen molar-refractivity contribution >= 4 is 34.8 Å². The number of thioether (sulfide) groups is 1. The SMILES string of the molecule is CSc1nc2n(n1)[C@H](c1sccc1C)C1=C(CC(C)(C)CC1=O)N2. The lowest BCUT2D eigenvalue weighted by molar-refractivity contribution is -0.118. The highest BCUT2D eigenvalue weighted by Crippen LogP contribution is 2.46. The van der Waals surface area contributed by atoms with Crippen molar-refractivity contribution in [2.24, 2.45) is 5.41 Å². The second-order valence-corrected chi connectivity index (χ2v) is 8.92. The van der Waals surface area contributed by atoms with Crippen LogP contribution in [0.5, 0.6) is 0 Å². The molecule has 1 aliphatic heterocycles. The lowest BCUT2D eigenvalue weighted by atomic mass is 9.73. The van der Waals surface area contributed by atoms with Gasteiger partial charge in [-0.3, -0.25) is 4.79 Å². The van der Waals surface area contributed by atoms with E-state index in [0.29, 0.717) is 6.42 Å². The van der Waals surface area contributed by atoms with Crippen LogP contribution in [0.25, 0.3) is 0 Å². The Morgan fingerprint density at radius 3 is 2.88 bits per heavy atom. The van der Waals surface area contributed by atoms with E-state index in [4.69, 9.17) is 0 Å². The van der Waals surface area contributed by atoms with Crippen LogP contribution in [0.1, 0.15) is 43.2 Å². The van der Waals surface area contributed by atoms with Crippen LogP contribution in [-0.2, 0) is 4.79 Å². The Morgan fingerprint density at radius 2 is 2.21 bits per heavy atom. The largest absolute Gasteiger partial charge is 0.328 e. The maximum Gasteiger partial charge on any atom is 0.227 e. The number of aromatic nitrogens is 3. The van der Waals surface area contributed by atoms with Gasteiger partial charge in [0.25, 0.3) is 0 Å². The molecule has 24 heavy (non-hydrogen) atoms. The van der Waals surface area contributed by atoms with Crippen molar-refractivity contribution in [3.8, 4) is 0 Å². The van der Waals surface area contributed by atoms with Gasteiger partial charge in [-0.05, 0) is 42.0 Å². The van der Waals surface area contributed by atoms with Crippen LogP contribution in [-0.4, -0.2) is 26.8 Å². The average Bonchev–Trinajstić information content (AvgIpc) is 3.09. The molecule has 0 saturated carbocycles. The maximum atomic E-state index is 13.0. The number of hydrogen-bond donors (Lipinski definition) is 1. The van der Waals surface area contributed by atoms with Crippen LogP contribution in [0.15, 0.2) is 27.9 Å². The van der Waals surface area contributed by atoms with Crippen molar-refractivity contribution in [1.82, 2.24) is 14.8 Å². The first-order valence-corrected chi connectivity index (χ1v) is 10.1. The Balaban J connectivity index is 1.93. The van der Waals surface area contributed by atoms with Crippen molar-refractivity contribution in [2.45, 2.75) is 44.8 Å². The molecule has 0 amide bonds. The molecule has 0 radical (unpaired) electrons. The lowest BCUT2D eigenvalue weighted by Gasteiger charge is -2.38. The number of fused-ring (bicyclic) bond motifs is 1. The molecule has 7 heteroatoms. The molecule has 2 aromatic heterocycles. The molecular formula is C17H20N4OS2. The van der Waals surface area contributed by atoms with Crippen LogP contribution < -0.4 is 5.32 Å². The van der Waals surface area contributed by atoms with Gasteiger partial charge in [-0.25, -0.2) is 4.68 Å². The van der Waals surface area contributed by atoms with Crippen molar-refractivity contribution in [3.63, 3.8) is 0 Å². The van der Waals surface area contributed by atoms with E-state index in [1.54, 1.807) is 11.3 Å². The van der Waals surface area contributed by atoms with Gasteiger partial charge in [0.15, 0.2) is 5.78 Å². The highest BCUT2D eigenvalue weighted by molar-refractivity contribution is 7.98. The van der Waals surface area contributed by atoms with Gasteiger partial charge >= 0.3 is 0 Å². The molecule has 1 N–H and O–H groups in total. The lowest BCUT2D eigenvalue weighted by Crippen LogP contribution is -2.36. The summed E-state index contributed by atoms with van der Waals surface area (Å²) >= 11 is 3.20. The molecule has 0 bridgehead atoms. The molecule has 1 aliphatic carbocycles. The first-order valence-electron chi connectivity index (χ1n) is 7.97. The van der Waals surface area contributed by atoms with Crippen LogP contribution >= 0.6 is 23.1 Å². The molecule has 2 aliphatic rings. The molecule has 5 nitrogen and oxygen atoms in total. The van der Waals surface area contributed by atoms with E-state index < -0.39 is 0 Å². The summed E-state index contributed by atoms with van der Waals surface area (Å²) in [7, 11) is 0. The number of nitrogens with one attached hydrogen (secondary N) is 1. The Labute approximate surface area is 149 Å². The van der Waals surface area contributed by atoms with Crippen molar-refractivity contribution < 1.29 is 4.79 Å². The molecule has 0 saturated heterocycles. The quantitative estimate of drug-likeness (QED) is 0.820. The number of allylic oxidation sites excluding steroid dienone is 2. The third-order valence-corrected chi connectivity index (χ3v) is 6.25. The van der Waals surface area contributed by atoms with E-state index in [1.165, 1.54) is 22.2 Å². The summed E-state index contributed by atoms with van der Waals surface area (Å²) in [5.41, 5.74) is 3.05. The summed E-state index contributed by atoms with van der Waals surface area (Å²) in [6, 6.07) is 1.94. The van der Waals surface area contributed by atoms with E-state index in [9.17, 15) is 4.79 Å². The van der Waals surface area contributed by atoms with Gasteiger partial charge in [0.2, 0.25) is 11.1 Å². The minimum absolute atomic E-state index is 0.0253. The highest BCUT2D eigenvalue weighted by Gasteiger charge is 2.42. The van der Waals surface area contributed by atoms with Gasteiger partial charge in [-0.2, -0.15) is 4.98 Å². The number of rotatable bonds is 2. The fourth-order valence-corrected chi connectivity index (χ4v) is 4.95. The van der Waals surface area contributed by atoms with Crippen molar-refractivity contribution in [2.75, 3.05) is 11.6 Å². The molecule has 0 aromatic carbocycles. The third-order valence-electron chi connectivity index (χ3n) is 4.65. The molecule has 0 unspecified atom stereocenters. The maximum absolute atomic E-state index is 13.0. The van der Waals surface area contributed by atoms with Gasteiger partial charge in [0.1, 0.15) is 6.04 Å². The van der Waals surface area contributed by atoms with Crippen LogP contribution in [0.3, 0.4) is 0 Å². The first-order chi connectivity index (χ1) is 11.4. The zero-order chi connectivity index (χ0) is 17.1. The van der Waals surface area contributed by atoms with Crippen molar-refractivity contribution in [1.29, 1.82) is 0 Å². The predicted octanol–water partition coefficient (Wildman–Crippen LogP) is 4.03. The number of Topliss-reactive ketones (excluding diaryl/α,β-unsaturated/α-hetero) is 1. The molecule has 1 atom stereocenters. The summed E-state index contributed by atoms with van der Waals surface area (Å²) in [5.74, 6) is 0.958. The zero-order valence-electron chi connectivity index (χ0n) is 14.2. The highest BCUT2D eigenvalue weighted by atomic mass is 32.2. The van der Waals surface area contributed by atoms with Gasteiger partial charge in [0, 0.05) is 22.6 Å². The van der Waals surface area contributed by atoms with Crippen molar-refractivity contribution in [3.05, 3.63) is 33.2 Å². The Hall–Kier alpha value is -1.60. The number of anilines is 1. The zero-order valence-corrected chi connectivity index (χ0v) is 15.8. The number of nitrogens with zero attached hydrogens (tertiary/aromatic N) is 3. The van der Waals surface area contributed by atoms with Crippen LogP contribution in [0.2, 0.25) is 0 Å². The summed E-state index contributed by atoms with van der Waals surface area (Å²) in [5, 5.41) is 10.8. The Morgan fingerprint density at radius 1 is 1.42 bits per heavy atom. The first kappa shape index (κ1) is 15.9. The number of carbonyl (C=O) groups is 1. The van der Waals surface area contributed by atoms with E-state index >= 15 is 0 Å². The van der Waals surface area contributed by atoms with E-state index in [0.717, 1.165) is 28.8 Å². The molecule has 0 fully saturated rings. The normalized spacial score (nSPS) is 22.2.